The highest BCUT2D eigenvalue weighted by atomic mass is 32.2. The summed E-state index contributed by atoms with van der Waals surface area (Å²) in [4.78, 5) is 15.6. The predicted octanol–water partition coefficient (Wildman–Crippen LogP) is 3.44. The minimum atomic E-state index is -0.285. The summed E-state index contributed by atoms with van der Waals surface area (Å²) in [5.41, 5.74) is 1.87. The first kappa shape index (κ1) is 15.9. The molecule has 2 aromatic carbocycles. The number of benzene rings is 2. The zero-order valence-electron chi connectivity index (χ0n) is 13.0. The van der Waals surface area contributed by atoms with Gasteiger partial charge >= 0.3 is 0 Å². The lowest BCUT2D eigenvalue weighted by Crippen LogP contribution is -2.41. The Hall–Kier alpha value is -2.01. The molecular formula is C18H19FN2OS. The lowest BCUT2D eigenvalue weighted by molar-refractivity contribution is -0.119. The Morgan fingerprint density at radius 1 is 1.30 bits per heavy atom. The van der Waals surface area contributed by atoms with Crippen LogP contribution in [0.15, 0.2) is 53.4 Å². The largest absolute Gasteiger partial charge is 0.360 e. The number of rotatable bonds is 4. The molecule has 1 aliphatic heterocycles. The van der Waals surface area contributed by atoms with Crippen LogP contribution in [-0.4, -0.2) is 24.2 Å². The molecule has 1 heterocycles. The molecule has 0 bridgehead atoms. The molecule has 1 atom stereocenters. The predicted molar refractivity (Wildman–Crippen MR) is 92.2 cm³/mol. The van der Waals surface area contributed by atoms with Crippen LogP contribution < -0.4 is 10.2 Å². The maximum atomic E-state index is 13.1. The minimum Gasteiger partial charge on any atom is -0.360 e. The number of nitrogens with one attached hydrogen (secondary N) is 1. The second-order valence-corrected chi connectivity index (χ2v) is 7.16. The first-order valence-corrected chi connectivity index (χ1v) is 8.51. The molecular weight excluding hydrogens is 311 g/mol. The van der Waals surface area contributed by atoms with Gasteiger partial charge < -0.3 is 10.2 Å². The van der Waals surface area contributed by atoms with Gasteiger partial charge in [-0.2, -0.15) is 0 Å². The number of thioether (sulfide) groups is 1. The summed E-state index contributed by atoms with van der Waals surface area (Å²) in [6, 6.07) is 14.4. The van der Waals surface area contributed by atoms with Gasteiger partial charge in [0.15, 0.2) is 0 Å². The van der Waals surface area contributed by atoms with Gasteiger partial charge in [0.05, 0.1) is 12.2 Å². The van der Waals surface area contributed by atoms with E-state index in [1.54, 1.807) is 12.1 Å². The summed E-state index contributed by atoms with van der Waals surface area (Å²) in [6.45, 7) is 3.67. The highest BCUT2D eigenvalue weighted by Crippen LogP contribution is 2.37. The summed E-state index contributed by atoms with van der Waals surface area (Å²) < 4.78 is 13.1. The van der Waals surface area contributed by atoms with E-state index in [0.29, 0.717) is 18.3 Å². The third-order valence-corrected chi connectivity index (χ3v) is 4.88. The Bertz CT molecular complexity index is 707. The third-order valence-electron chi connectivity index (χ3n) is 3.72. The molecule has 120 valence electrons. The van der Waals surface area contributed by atoms with E-state index in [1.165, 1.54) is 17.0 Å². The number of carbonyl (C=O) groups is 1. The van der Waals surface area contributed by atoms with Crippen molar-refractivity contribution in [2.75, 3.05) is 18.0 Å². The topological polar surface area (TPSA) is 32.3 Å². The number of nitrogens with zero attached hydrogens (tertiary/aromatic N) is 1. The van der Waals surface area contributed by atoms with Crippen LogP contribution in [0.3, 0.4) is 0 Å². The zero-order chi connectivity index (χ0) is 16.2. The zero-order valence-corrected chi connectivity index (χ0v) is 13.8. The SMILES string of the molecule is C[C@H]1CN(CC(=O)NCc2cccc(F)c2)c2ccccc2S1. The fourth-order valence-electron chi connectivity index (χ4n) is 2.71. The van der Waals surface area contributed by atoms with Crippen LogP contribution in [0.2, 0.25) is 0 Å². The van der Waals surface area contributed by atoms with Crippen molar-refractivity contribution in [2.45, 2.75) is 23.6 Å². The van der Waals surface area contributed by atoms with E-state index in [-0.39, 0.29) is 11.7 Å². The van der Waals surface area contributed by atoms with Gasteiger partial charge in [-0.25, -0.2) is 4.39 Å². The van der Waals surface area contributed by atoms with Gasteiger partial charge in [-0.15, -0.1) is 11.8 Å². The molecule has 0 aromatic heterocycles. The molecule has 0 saturated carbocycles. The number of anilines is 1. The van der Waals surface area contributed by atoms with Gasteiger partial charge in [0.2, 0.25) is 5.91 Å². The smallest absolute Gasteiger partial charge is 0.239 e. The molecule has 5 heteroatoms. The van der Waals surface area contributed by atoms with Gasteiger partial charge in [-0.05, 0) is 29.8 Å². The highest BCUT2D eigenvalue weighted by Gasteiger charge is 2.23. The number of hydrogen-bond acceptors (Lipinski definition) is 3. The van der Waals surface area contributed by atoms with Crippen LogP contribution in [0, 0.1) is 5.82 Å². The molecule has 23 heavy (non-hydrogen) atoms. The molecule has 0 fully saturated rings. The molecule has 2 aromatic rings. The summed E-state index contributed by atoms with van der Waals surface area (Å²) in [7, 11) is 0. The van der Waals surface area contributed by atoms with Gasteiger partial charge in [0.25, 0.3) is 0 Å². The Kier molecular flexibility index (Phi) is 4.86. The molecule has 0 spiro atoms. The first-order valence-electron chi connectivity index (χ1n) is 7.63. The van der Waals surface area contributed by atoms with Crippen molar-refractivity contribution in [2.24, 2.45) is 0 Å². The molecule has 1 amide bonds. The van der Waals surface area contributed by atoms with Crippen LogP contribution in [0.5, 0.6) is 0 Å². The second kappa shape index (κ2) is 7.04. The lowest BCUT2D eigenvalue weighted by Gasteiger charge is -2.33. The number of hydrogen-bond donors (Lipinski definition) is 1. The van der Waals surface area contributed by atoms with Crippen LogP contribution in [-0.2, 0) is 11.3 Å². The van der Waals surface area contributed by atoms with E-state index in [2.05, 4.69) is 23.2 Å². The normalized spacial score (nSPS) is 16.8. The van der Waals surface area contributed by atoms with Crippen molar-refractivity contribution < 1.29 is 9.18 Å². The fourth-order valence-corrected chi connectivity index (χ4v) is 3.87. The fraction of sp³-hybridized carbons (Fsp3) is 0.278. The van der Waals surface area contributed by atoms with Gasteiger partial charge in [-0.3, -0.25) is 4.79 Å². The average Bonchev–Trinajstić information content (AvgIpc) is 2.53. The number of amides is 1. The van der Waals surface area contributed by atoms with Crippen molar-refractivity contribution in [3.8, 4) is 0 Å². The highest BCUT2D eigenvalue weighted by molar-refractivity contribution is 8.00. The average molecular weight is 330 g/mol. The minimum absolute atomic E-state index is 0.0526. The van der Waals surface area contributed by atoms with E-state index in [4.69, 9.17) is 0 Å². The molecule has 0 unspecified atom stereocenters. The van der Waals surface area contributed by atoms with Crippen LogP contribution >= 0.6 is 11.8 Å². The van der Waals surface area contributed by atoms with Gasteiger partial charge in [0.1, 0.15) is 5.82 Å². The maximum Gasteiger partial charge on any atom is 0.239 e. The van der Waals surface area contributed by atoms with E-state index in [1.807, 2.05) is 30.0 Å². The molecule has 0 radical (unpaired) electrons. The Labute approximate surface area is 139 Å². The standard InChI is InChI=1S/C18H19FN2OS/c1-13-11-21(16-7-2-3-8-17(16)23-13)12-18(22)20-10-14-5-4-6-15(19)9-14/h2-9,13H,10-12H2,1H3,(H,20,22)/t13-/m0/s1. The van der Waals surface area contributed by atoms with Crippen molar-refractivity contribution in [3.63, 3.8) is 0 Å². The van der Waals surface area contributed by atoms with E-state index in [0.717, 1.165) is 17.8 Å². The van der Waals surface area contributed by atoms with E-state index < -0.39 is 0 Å². The van der Waals surface area contributed by atoms with Crippen LogP contribution in [0.4, 0.5) is 10.1 Å². The molecule has 0 saturated heterocycles. The molecule has 3 nitrogen and oxygen atoms in total. The number of carbonyl (C=O) groups excluding carboxylic acids is 1. The van der Waals surface area contributed by atoms with E-state index >= 15 is 0 Å². The quantitative estimate of drug-likeness (QED) is 0.932. The molecule has 0 aliphatic carbocycles. The number of para-hydroxylation sites is 1. The third kappa shape index (κ3) is 4.05. The Morgan fingerprint density at radius 3 is 2.96 bits per heavy atom. The van der Waals surface area contributed by atoms with Gasteiger partial charge in [0, 0.05) is 23.2 Å². The maximum absolute atomic E-state index is 13.1. The van der Waals surface area contributed by atoms with Crippen LogP contribution in [0.1, 0.15) is 12.5 Å². The molecule has 3 rings (SSSR count). The summed E-state index contributed by atoms with van der Waals surface area (Å²) in [6.07, 6.45) is 0. The van der Waals surface area contributed by atoms with Crippen molar-refractivity contribution in [1.29, 1.82) is 0 Å². The van der Waals surface area contributed by atoms with Crippen molar-refractivity contribution >= 4 is 23.4 Å². The lowest BCUT2D eigenvalue weighted by atomic mass is 10.2. The molecule has 1 N–H and O–H groups in total. The van der Waals surface area contributed by atoms with Crippen LogP contribution in [0.25, 0.3) is 0 Å². The van der Waals surface area contributed by atoms with Crippen molar-refractivity contribution in [3.05, 3.63) is 59.9 Å². The monoisotopic (exact) mass is 330 g/mol. The van der Waals surface area contributed by atoms with Gasteiger partial charge in [-0.1, -0.05) is 31.2 Å². The van der Waals surface area contributed by atoms with E-state index in [9.17, 15) is 9.18 Å². The Balaban J connectivity index is 1.62. The number of fused-ring (bicyclic) bond motifs is 1. The summed E-state index contributed by atoms with van der Waals surface area (Å²) in [5, 5.41) is 3.31. The Morgan fingerprint density at radius 2 is 2.13 bits per heavy atom. The first-order chi connectivity index (χ1) is 11.1. The number of halogens is 1. The van der Waals surface area contributed by atoms with Crippen molar-refractivity contribution in [1.82, 2.24) is 5.32 Å². The molecule has 1 aliphatic rings. The summed E-state index contributed by atoms with van der Waals surface area (Å²) in [5.74, 6) is -0.337. The second-order valence-electron chi connectivity index (χ2n) is 5.68. The summed E-state index contributed by atoms with van der Waals surface area (Å²) >= 11 is 1.84.